The summed E-state index contributed by atoms with van der Waals surface area (Å²) in [7, 11) is 1.32. The second kappa shape index (κ2) is 10.7. The third-order valence-electron chi connectivity index (χ3n) is 5.83. The zero-order valence-electron chi connectivity index (χ0n) is 20.2. The maximum Gasteiger partial charge on any atom is 0.433 e. The highest BCUT2D eigenvalue weighted by molar-refractivity contribution is 5.98. The number of hydrogen-bond acceptors (Lipinski definition) is 8. The van der Waals surface area contributed by atoms with Crippen molar-refractivity contribution in [3.63, 3.8) is 0 Å². The molecule has 2 amide bonds. The second-order valence-electron chi connectivity index (χ2n) is 8.43. The summed E-state index contributed by atoms with van der Waals surface area (Å²) >= 11 is 0. The summed E-state index contributed by atoms with van der Waals surface area (Å²) in [4.78, 5) is 34.9. The molecule has 1 aliphatic rings. The number of ether oxygens (including phenoxy) is 2. The molecule has 0 saturated carbocycles. The molecule has 0 radical (unpaired) electrons. The van der Waals surface area contributed by atoms with Crippen LogP contribution in [0.5, 0.6) is 5.75 Å². The van der Waals surface area contributed by atoms with Gasteiger partial charge in [0.25, 0.3) is 5.91 Å². The number of alkyl halides is 3. The van der Waals surface area contributed by atoms with Crippen molar-refractivity contribution in [2.24, 2.45) is 5.73 Å². The molecule has 3 heterocycles. The average Bonchev–Trinajstić information content (AvgIpc) is 3.33. The Bertz CT molecular complexity index is 1300. The SMILES string of the molecule is COc1ccc(-c2nc(C(=O)NCCC(=O)N3CCOCC3)c([C@H](C)N)o2)c2ccc(C(F)(F)F)nc12. The van der Waals surface area contributed by atoms with Gasteiger partial charge in [-0.25, -0.2) is 9.97 Å². The molecule has 198 valence electrons. The van der Waals surface area contributed by atoms with Crippen LogP contribution < -0.4 is 15.8 Å². The van der Waals surface area contributed by atoms with Gasteiger partial charge in [-0.3, -0.25) is 9.59 Å². The van der Waals surface area contributed by atoms with Crippen molar-refractivity contribution in [1.82, 2.24) is 20.2 Å². The molecular weight excluding hydrogens is 495 g/mol. The lowest BCUT2D eigenvalue weighted by atomic mass is 10.1. The molecule has 3 aromatic rings. The van der Waals surface area contributed by atoms with E-state index in [9.17, 15) is 22.8 Å². The van der Waals surface area contributed by atoms with Gasteiger partial charge in [0.2, 0.25) is 11.8 Å². The van der Waals surface area contributed by atoms with Crippen molar-refractivity contribution in [2.45, 2.75) is 25.6 Å². The fourth-order valence-electron chi connectivity index (χ4n) is 3.96. The van der Waals surface area contributed by atoms with Crippen LogP contribution in [0.4, 0.5) is 13.2 Å². The van der Waals surface area contributed by atoms with Crippen molar-refractivity contribution in [3.05, 3.63) is 41.4 Å². The number of benzene rings is 1. The molecule has 0 aliphatic carbocycles. The van der Waals surface area contributed by atoms with Gasteiger partial charge in [0.05, 0.1) is 26.4 Å². The number of halogens is 3. The Hall–Kier alpha value is -3.71. The fraction of sp³-hybridized carbons (Fsp3) is 0.417. The highest BCUT2D eigenvalue weighted by Crippen LogP contribution is 2.37. The molecule has 2 aromatic heterocycles. The van der Waals surface area contributed by atoms with Gasteiger partial charge in [0.15, 0.2) is 11.5 Å². The monoisotopic (exact) mass is 521 g/mol. The van der Waals surface area contributed by atoms with Gasteiger partial charge in [-0.2, -0.15) is 13.2 Å². The van der Waals surface area contributed by atoms with Crippen LogP contribution in [0, 0.1) is 0 Å². The van der Waals surface area contributed by atoms with Crippen LogP contribution in [0.1, 0.15) is 41.3 Å². The van der Waals surface area contributed by atoms with Crippen molar-refractivity contribution in [3.8, 4) is 17.2 Å². The van der Waals surface area contributed by atoms with Crippen LogP contribution in [0.25, 0.3) is 22.4 Å². The largest absolute Gasteiger partial charge is 0.494 e. The Morgan fingerprint density at radius 1 is 1.19 bits per heavy atom. The first-order valence-corrected chi connectivity index (χ1v) is 11.6. The van der Waals surface area contributed by atoms with Gasteiger partial charge in [-0.15, -0.1) is 0 Å². The summed E-state index contributed by atoms with van der Waals surface area (Å²) in [5, 5.41) is 2.94. The van der Waals surface area contributed by atoms with E-state index in [1.807, 2.05) is 0 Å². The van der Waals surface area contributed by atoms with Crippen LogP contribution in [-0.2, 0) is 15.7 Å². The molecule has 1 aliphatic heterocycles. The number of aromatic nitrogens is 2. The smallest absolute Gasteiger partial charge is 0.433 e. The standard InChI is InChI=1S/C24H26F3N5O5/c1-13(28)21-20(22(34)29-8-7-18(33)32-9-11-36-12-10-32)31-23(37-21)15-3-5-16(35-2)19-14(15)4-6-17(30-19)24(25,26)27/h3-6,13H,7-12,28H2,1-2H3,(H,29,34)/t13-/m0/s1. The molecule has 0 bridgehead atoms. The molecule has 0 spiro atoms. The van der Waals surface area contributed by atoms with E-state index in [2.05, 4.69) is 15.3 Å². The van der Waals surface area contributed by atoms with Crippen LogP contribution in [-0.4, -0.2) is 66.6 Å². The highest BCUT2D eigenvalue weighted by Gasteiger charge is 2.33. The number of morpholine rings is 1. The molecule has 37 heavy (non-hydrogen) atoms. The van der Waals surface area contributed by atoms with Crippen LogP contribution in [0.2, 0.25) is 0 Å². The topological polar surface area (TPSA) is 133 Å². The molecule has 3 N–H and O–H groups in total. The molecule has 1 fully saturated rings. The summed E-state index contributed by atoms with van der Waals surface area (Å²) in [6.45, 7) is 3.64. The van der Waals surface area contributed by atoms with E-state index in [1.54, 1.807) is 17.9 Å². The summed E-state index contributed by atoms with van der Waals surface area (Å²) in [5.41, 5.74) is 5.11. The normalized spacial score (nSPS) is 15.0. The Kier molecular flexibility index (Phi) is 7.64. The molecule has 1 atom stereocenters. The van der Waals surface area contributed by atoms with Crippen molar-refractivity contribution in [1.29, 1.82) is 0 Å². The number of pyridine rings is 1. The number of methoxy groups -OCH3 is 1. The minimum atomic E-state index is -4.64. The maximum atomic E-state index is 13.2. The molecule has 1 aromatic carbocycles. The Labute approximate surface area is 209 Å². The van der Waals surface area contributed by atoms with Crippen LogP contribution in [0.15, 0.2) is 28.7 Å². The quantitative estimate of drug-likeness (QED) is 0.485. The Morgan fingerprint density at radius 3 is 2.57 bits per heavy atom. The summed E-state index contributed by atoms with van der Waals surface area (Å²) in [5.74, 6) is -0.488. The number of carbonyl (C=O) groups excluding carboxylic acids is 2. The summed E-state index contributed by atoms with van der Waals surface area (Å²) in [6, 6.07) is 4.37. The number of oxazole rings is 1. The van der Waals surface area contributed by atoms with Gasteiger partial charge in [0, 0.05) is 37.0 Å². The van der Waals surface area contributed by atoms with E-state index in [4.69, 9.17) is 19.6 Å². The van der Waals surface area contributed by atoms with Gasteiger partial charge in [-0.1, -0.05) is 0 Å². The number of nitrogens with zero attached hydrogens (tertiary/aromatic N) is 3. The lowest BCUT2D eigenvalue weighted by Crippen LogP contribution is -2.42. The highest BCUT2D eigenvalue weighted by atomic mass is 19.4. The lowest BCUT2D eigenvalue weighted by molar-refractivity contribution is -0.141. The number of rotatable bonds is 7. The zero-order chi connectivity index (χ0) is 26.7. The van der Waals surface area contributed by atoms with Gasteiger partial charge in [-0.05, 0) is 31.2 Å². The van der Waals surface area contributed by atoms with Crippen molar-refractivity contribution in [2.75, 3.05) is 40.0 Å². The number of fused-ring (bicyclic) bond motifs is 1. The van der Waals surface area contributed by atoms with Crippen molar-refractivity contribution < 1.29 is 36.7 Å². The van der Waals surface area contributed by atoms with Crippen LogP contribution >= 0.6 is 0 Å². The Balaban J connectivity index is 1.60. The van der Waals surface area contributed by atoms with E-state index in [1.165, 1.54) is 19.2 Å². The second-order valence-corrected chi connectivity index (χ2v) is 8.43. The first-order chi connectivity index (χ1) is 17.6. The number of hydrogen-bond donors (Lipinski definition) is 2. The van der Waals surface area contributed by atoms with E-state index < -0.39 is 23.8 Å². The molecular formula is C24H26F3N5O5. The number of nitrogens with two attached hydrogens (primary N) is 1. The third kappa shape index (κ3) is 5.67. The predicted octanol–water partition coefficient (Wildman–Crippen LogP) is 2.92. The first kappa shape index (κ1) is 26.4. The minimum absolute atomic E-state index is 0.0175. The van der Waals surface area contributed by atoms with E-state index >= 15 is 0 Å². The molecule has 1 saturated heterocycles. The summed E-state index contributed by atoms with van der Waals surface area (Å²) in [6.07, 6.45) is -4.55. The van der Waals surface area contributed by atoms with Gasteiger partial charge >= 0.3 is 6.18 Å². The predicted molar refractivity (Wildman–Crippen MR) is 126 cm³/mol. The molecule has 4 rings (SSSR count). The average molecular weight is 521 g/mol. The summed E-state index contributed by atoms with van der Waals surface area (Å²) < 4.78 is 56.0. The zero-order valence-corrected chi connectivity index (χ0v) is 20.2. The van der Waals surface area contributed by atoms with Gasteiger partial charge < -0.3 is 29.8 Å². The lowest BCUT2D eigenvalue weighted by Gasteiger charge is -2.26. The maximum absolute atomic E-state index is 13.2. The minimum Gasteiger partial charge on any atom is -0.494 e. The fourth-order valence-corrected chi connectivity index (χ4v) is 3.96. The number of amides is 2. The van der Waals surface area contributed by atoms with E-state index in [-0.39, 0.29) is 52.9 Å². The van der Waals surface area contributed by atoms with Crippen LogP contribution in [0.3, 0.4) is 0 Å². The number of carbonyl (C=O) groups is 2. The molecule has 10 nitrogen and oxygen atoms in total. The Morgan fingerprint density at radius 2 is 1.92 bits per heavy atom. The van der Waals surface area contributed by atoms with E-state index in [0.717, 1.165) is 6.07 Å². The molecule has 0 unspecified atom stereocenters. The molecule has 13 heteroatoms. The van der Waals surface area contributed by atoms with E-state index in [0.29, 0.717) is 31.9 Å². The first-order valence-electron chi connectivity index (χ1n) is 11.6. The van der Waals surface area contributed by atoms with Crippen molar-refractivity contribution >= 4 is 22.7 Å². The third-order valence-corrected chi connectivity index (χ3v) is 5.83. The van der Waals surface area contributed by atoms with Gasteiger partial charge in [0.1, 0.15) is 17.0 Å². The number of nitrogens with one attached hydrogen (secondary N) is 1.